The SMILES string of the molecule is COc1ccccc1Cc1nnc2cc(CN)ccn12. The molecule has 0 amide bonds. The van der Waals surface area contributed by atoms with Gasteiger partial charge in [-0.15, -0.1) is 10.2 Å². The van der Waals surface area contributed by atoms with Crippen LogP contribution in [-0.4, -0.2) is 21.7 Å². The van der Waals surface area contributed by atoms with Crippen molar-refractivity contribution >= 4 is 5.65 Å². The summed E-state index contributed by atoms with van der Waals surface area (Å²) >= 11 is 0. The number of fused-ring (bicyclic) bond motifs is 1. The number of methoxy groups -OCH3 is 1. The molecule has 1 aromatic carbocycles. The summed E-state index contributed by atoms with van der Waals surface area (Å²) in [7, 11) is 1.67. The summed E-state index contributed by atoms with van der Waals surface area (Å²) in [4.78, 5) is 0. The Morgan fingerprint density at radius 3 is 2.85 bits per heavy atom. The molecule has 3 aromatic rings. The molecule has 0 aliphatic rings. The molecule has 2 aromatic heterocycles. The zero-order valence-electron chi connectivity index (χ0n) is 11.3. The summed E-state index contributed by atoms with van der Waals surface area (Å²) in [5.41, 5.74) is 8.59. The molecule has 0 spiro atoms. The van der Waals surface area contributed by atoms with Crippen molar-refractivity contribution in [1.82, 2.24) is 14.6 Å². The maximum Gasteiger partial charge on any atom is 0.161 e. The number of benzene rings is 1. The second kappa shape index (κ2) is 5.30. The Kier molecular flexibility index (Phi) is 3.35. The minimum Gasteiger partial charge on any atom is -0.496 e. The van der Waals surface area contributed by atoms with E-state index in [-0.39, 0.29) is 0 Å². The largest absolute Gasteiger partial charge is 0.496 e. The van der Waals surface area contributed by atoms with E-state index < -0.39 is 0 Å². The monoisotopic (exact) mass is 268 g/mol. The standard InChI is InChI=1S/C15H16N4O/c1-20-13-5-3-2-4-12(13)9-15-18-17-14-8-11(10-16)6-7-19(14)15/h2-8H,9-10,16H2,1H3. The molecule has 0 unspecified atom stereocenters. The van der Waals surface area contributed by atoms with Crippen molar-refractivity contribution in [3.63, 3.8) is 0 Å². The fraction of sp³-hybridized carbons (Fsp3) is 0.200. The van der Waals surface area contributed by atoms with Gasteiger partial charge in [-0.2, -0.15) is 0 Å². The molecule has 3 rings (SSSR count). The Labute approximate surface area is 117 Å². The normalized spacial score (nSPS) is 10.9. The second-order valence-corrected chi connectivity index (χ2v) is 4.57. The summed E-state index contributed by atoms with van der Waals surface area (Å²) in [5.74, 6) is 1.75. The molecule has 0 fully saturated rings. The lowest BCUT2D eigenvalue weighted by Crippen LogP contribution is -2.00. The van der Waals surface area contributed by atoms with Gasteiger partial charge in [-0.1, -0.05) is 18.2 Å². The Bertz CT molecular complexity index is 736. The molecule has 0 radical (unpaired) electrons. The molecule has 0 saturated carbocycles. The lowest BCUT2D eigenvalue weighted by Gasteiger charge is -2.07. The summed E-state index contributed by atoms with van der Waals surface area (Å²) in [6.45, 7) is 0.505. The molecular formula is C15H16N4O. The molecule has 5 heteroatoms. The lowest BCUT2D eigenvalue weighted by atomic mass is 10.1. The van der Waals surface area contributed by atoms with E-state index in [1.165, 1.54) is 0 Å². The maximum absolute atomic E-state index is 5.64. The van der Waals surface area contributed by atoms with Crippen LogP contribution in [0.25, 0.3) is 5.65 Å². The Morgan fingerprint density at radius 1 is 1.20 bits per heavy atom. The van der Waals surface area contributed by atoms with Crippen LogP contribution in [0.4, 0.5) is 0 Å². The first kappa shape index (κ1) is 12.6. The van der Waals surface area contributed by atoms with Crippen molar-refractivity contribution in [3.05, 3.63) is 59.5 Å². The Balaban J connectivity index is 1.99. The number of rotatable bonds is 4. The van der Waals surface area contributed by atoms with E-state index in [9.17, 15) is 0 Å². The van der Waals surface area contributed by atoms with Crippen LogP contribution >= 0.6 is 0 Å². The zero-order valence-corrected chi connectivity index (χ0v) is 11.3. The van der Waals surface area contributed by atoms with Gasteiger partial charge in [0, 0.05) is 24.7 Å². The van der Waals surface area contributed by atoms with E-state index in [1.807, 2.05) is 47.0 Å². The second-order valence-electron chi connectivity index (χ2n) is 4.57. The maximum atomic E-state index is 5.64. The highest BCUT2D eigenvalue weighted by Crippen LogP contribution is 2.20. The van der Waals surface area contributed by atoms with E-state index in [0.29, 0.717) is 13.0 Å². The fourth-order valence-corrected chi connectivity index (χ4v) is 2.25. The molecule has 5 nitrogen and oxygen atoms in total. The molecule has 0 saturated heterocycles. The van der Waals surface area contributed by atoms with Crippen molar-refractivity contribution in [2.75, 3.05) is 7.11 Å². The number of nitrogens with two attached hydrogens (primary N) is 1. The summed E-state index contributed by atoms with van der Waals surface area (Å²) in [6.07, 6.45) is 2.63. The average Bonchev–Trinajstić information content (AvgIpc) is 2.90. The van der Waals surface area contributed by atoms with Gasteiger partial charge in [0.15, 0.2) is 5.65 Å². The average molecular weight is 268 g/mol. The molecule has 0 aliphatic heterocycles. The number of hydrogen-bond acceptors (Lipinski definition) is 4. The van der Waals surface area contributed by atoms with Crippen LogP contribution in [-0.2, 0) is 13.0 Å². The molecule has 0 bridgehead atoms. The number of nitrogens with zero attached hydrogens (tertiary/aromatic N) is 3. The summed E-state index contributed by atoms with van der Waals surface area (Å²) in [5, 5.41) is 8.45. The van der Waals surface area contributed by atoms with Crippen molar-refractivity contribution in [2.45, 2.75) is 13.0 Å². The quantitative estimate of drug-likeness (QED) is 0.783. The highest BCUT2D eigenvalue weighted by Gasteiger charge is 2.09. The van der Waals surface area contributed by atoms with Gasteiger partial charge in [-0.25, -0.2) is 0 Å². The molecule has 102 valence electrons. The minimum absolute atomic E-state index is 0.505. The predicted molar refractivity (Wildman–Crippen MR) is 76.7 cm³/mol. The number of aromatic nitrogens is 3. The third kappa shape index (κ3) is 2.23. The highest BCUT2D eigenvalue weighted by atomic mass is 16.5. The van der Waals surface area contributed by atoms with Gasteiger partial charge in [-0.05, 0) is 23.8 Å². The van der Waals surface area contributed by atoms with Gasteiger partial charge in [0.2, 0.25) is 0 Å². The van der Waals surface area contributed by atoms with Gasteiger partial charge < -0.3 is 10.5 Å². The van der Waals surface area contributed by atoms with Gasteiger partial charge in [-0.3, -0.25) is 4.40 Å². The van der Waals surface area contributed by atoms with Gasteiger partial charge in [0.05, 0.1) is 7.11 Å². The fourth-order valence-electron chi connectivity index (χ4n) is 2.25. The minimum atomic E-state index is 0.505. The first-order chi connectivity index (χ1) is 9.81. The summed E-state index contributed by atoms with van der Waals surface area (Å²) in [6, 6.07) is 11.9. The van der Waals surface area contributed by atoms with Crippen LogP contribution < -0.4 is 10.5 Å². The van der Waals surface area contributed by atoms with Crippen LogP contribution in [0.2, 0.25) is 0 Å². The van der Waals surface area contributed by atoms with Crippen molar-refractivity contribution in [1.29, 1.82) is 0 Å². The Morgan fingerprint density at radius 2 is 2.05 bits per heavy atom. The van der Waals surface area contributed by atoms with Crippen molar-refractivity contribution < 1.29 is 4.74 Å². The van der Waals surface area contributed by atoms with E-state index in [0.717, 1.165) is 28.3 Å². The number of hydrogen-bond donors (Lipinski definition) is 1. The van der Waals surface area contributed by atoms with Crippen molar-refractivity contribution in [2.24, 2.45) is 5.73 Å². The Hall–Kier alpha value is -2.40. The van der Waals surface area contributed by atoms with Crippen LogP contribution in [0.5, 0.6) is 5.75 Å². The van der Waals surface area contributed by atoms with Gasteiger partial charge in [0.25, 0.3) is 0 Å². The van der Waals surface area contributed by atoms with Crippen LogP contribution in [0.15, 0.2) is 42.6 Å². The molecule has 0 aliphatic carbocycles. The molecule has 20 heavy (non-hydrogen) atoms. The number of para-hydroxylation sites is 1. The highest BCUT2D eigenvalue weighted by molar-refractivity contribution is 5.43. The third-order valence-electron chi connectivity index (χ3n) is 3.32. The van der Waals surface area contributed by atoms with Crippen LogP contribution in [0.3, 0.4) is 0 Å². The predicted octanol–water partition coefficient (Wildman–Crippen LogP) is 1.79. The van der Waals surface area contributed by atoms with Crippen LogP contribution in [0, 0.1) is 0 Å². The van der Waals surface area contributed by atoms with Crippen LogP contribution in [0.1, 0.15) is 17.0 Å². The first-order valence-corrected chi connectivity index (χ1v) is 6.46. The first-order valence-electron chi connectivity index (χ1n) is 6.46. The molecule has 2 heterocycles. The smallest absolute Gasteiger partial charge is 0.161 e. The zero-order chi connectivity index (χ0) is 13.9. The van der Waals surface area contributed by atoms with E-state index >= 15 is 0 Å². The van der Waals surface area contributed by atoms with E-state index in [1.54, 1.807) is 7.11 Å². The van der Waals surface area contributed by atoms with Gasteiger partial charge >= 0.3 is 0 Å². The van der Waals surface area contributed by atoms with E-state index in [4.69, 9.17) is 10.5 Å². The lowest BCUT2D eigenvalue weighted by molar-refractivity contribution is 0.410. The van der Waals surface area contributed by atoms with E-state index in [2.05, 4.69) is 10.2 Å². The summed E-state index contributed by atoms with van der Waals surface area (Å²) < 4.78 is 7.35. The van der Waals surface area contributed by atoms with Gasteiger partial charge in [0.1, 0.15) is 11.6 Å². The topological polar surface area (TPSA) is 65.4 Å². The third-order valence-corrected chi connectivity index (χ3v) is 3.32. The molecule has 2 N–H and O–H groups in total. The number of ether oxygens (including phenoxy) is 1. The molecular weight excluding hydrogens is 252 g/mol. The van der Waals surface area contributed by atoms with Crippen molar-refractivity contribution in [3.8, 4) is 5.75 Å². The number of pyridine rings is 1. The molecule has 0 atom stereocenters.